The first kappa shape index (κ1) is 23.9. The van der Waals surface area contributed by atoms with Crippen LogP contribution in [0.2, 0.25) is 0 Å². The molecule has 3 aromatic rings. The Bertz CT molecular complexity index is 1230. The number of amides is 2. The second kappa shape index (κ2) is 10.4. The highest BCUT2D eigenvalue weighted by Crippen LogP contribution is 2.44. The molecule has 4 rings (SSSR count). The fourth-order valence-electron chi connectivity index (χ4n) is 4.31. The number of halogens is 1. The van der Waals surface area contributed by atoms with Crippen molar-refractivity contribution in [1.29, 1.82) is 0 Å². The fraction of sp³-hybridized carbons (Fsp3) is 0.222. The number of benzene rings is 3. The molecule has 0 heterocycles. The highest BCUT2D eigenvalue weighted by Gasteiger charge is 2.29. The van der Waals surface area contributed by atoms with Gasteiger partial charge in [-0.2, -0.15) is 0 Å². The van der Waals surface area contributed by atoms with Crippen LogP contribution in [0.4, 0.5) is 14.9 Å². The lowest BCUT2D eigenvalue weighted by Gasteiger charge is -2.19. The summed E-state index contributed by atoms with van der Waals surface area (Å²) >= 11 is 0. The summed E-state index contributed by atoms with van der Waals surface area (Å²) in [5, 5.41) is 14.1. The minimum absolute atomic E-state index is 0.0526. The number of carboxylic acids is 1. The molecule has 0 saturated heterocycles. The van der Waals surface area contributed by atoms with Crippen molar-refractivity contribution in [1.82, 2.24) is 5.32 Å². The van der Waals surface area contributed by atoms with Crippen molar-refractivity contribution in [2.75, 3.05) is 11.9 Å². The molecule has 0 saturated carbocycles. The summed E-state index contributed by atoms with van der Waals surface area (Å²) in [4.78, 5) is 35.8. The Morgan fingerprint density at radius 3 is 2.20 bits per heavy atom. The van der Waals surface area contributed by atoms with E-state index in [9.17, 15) is 18.8 Å². The number of aromatic carboxylic acids is 1. The van der Waals surface area contributed by atoms with Gasteiger partial charge in [-0.1, -0.05) is 55.5 Å². The predicted molar refractivity (Wildman–Crippen MR) is 129 cm³/mol. The minimum atomic E-state index is -1.39. The molecule has 1 aliphatic rings. The molecule has 0 spiro atoms. The summed E-state index contributed by atoms with van der Waals surface area (Å²) in [5.74, 6) is -2.85. The zero-order valence-electron chi connectivity index (χ0n) is 19.1. The number of hydrogen-bond donors (Lipinski definition) is 3. The summed E-state index contributed by atoms with van der Waals surface area (Å²) < 4.78 is 19.4. The van der Waals surface area contributed by atoms with Crippen LogP contribution in [0.1, 0.15) is 47.2 Å². The number of nitrogens with one attached hydrogen (secondary N) is 2. The Kier molecular flexibility index (Phi) is 7.10. The van der Waals surface area contributed by atoms with Crippen LogP contribution in [-0.4, -0.2) is 35.7 Å². The molecule has 1 atom stereocenters. The molecule has 3 N–H and O–H groups in total. The van der Waals surface area contributed by atoms with Crippen LogP contribution in [-0.2, 0) is 9.53 Å². The number of alkyl carbamates (subject to hydrolysis) is 1. The minimum Gasteiger partial charge on any atom is -0.478 e. The van der Waals surface area contributed by atoms with Crippen LogP contribution in [0, 0.1) is 5.82 Å². The second-order valence-corrected chi connectivity index (χ2v) is 8.33. The van der Waals surface area contributed by atoms with Crippen molar-refractivity contribution in [3.63, 3.8) is 0 Å². The monoisotopic (exact) mass is 476 g/mol. The summed E-state index contributed by atoms with van der Waals surface area (Å²) in [6.45, 7) is 1.99. The number of hydrogen-bond acceptors (Lipinski definition) is 4. The Morgan fingerprint density at radius 1 is 1.00 bits per heavy atom. The second-order valence-electron chi connectivity index (χ2n) is 8.33. The van der Waals surface area contributed by atoms with Crippen molar-refractivity contribution >= 4 is 23.7 Å². The van der Waals surface area contributed by atoms with Gasteiger partial charge in [0.25, 0.3) is 0 Å². The maximum absolute atomic E-state index is 13.8. The molecule has 0 aromatic heterocycles. The molecule has 0 radical (unpaired) electrons. The number of rotatable bonds is 8. The third kappa shape index (κ3) is 5.32. The molecule has 1 aliphatic carbocycles. The Balaban J connectivity index is 1.33. The van der Waals surface area contributed by atoms with Crippen molar-refractivity contribution in [2.45, 2.75) is 31.7 Å². The molecule has 180 valence electrons. The first-order chi connectivity index (χ1) is 16.9. The molecule has 1 unspecified atom stereocenters. The zero-order valence-corrected chi connectivity index (χ0v) is 19.1. The highest BCUT2D eigenvalue weighted by atomic mass is 19.1. The van der Waals surface area contributed by atoms with Crippen LogP contribution in [0.15, 0.2) is 66.7 Å². The van der Waals surface area contributed by atoms with Crippen molar-refractivity contribution in [3.8, 4) is 11.1 Å². The van der Waals surface area contributed by atoms with Crippen molar-refractivity contribution in [3.05, 3.63) is 89.2 Å². The topological polar surface area (TPSA) is 105 Å². The lowest BCUT2D eigenvalue weighted by Crippen LogP contribution is -2.38. The van der Waals surface area contributed by atoms with Crippen molar-refractivity contribution < 1.29 is 28.6 Å². The van der Waals surface area contributed by atoms with Crippen LogP contribution in [0.3, 0.4) is 0 Å². The molecule has 3 aromatic carbocycles. The van der Waals surface area contributed by atoms with E-state index in [4.69, 9.17) is 9.84 Å². The van der Waals surface area contributed by atoms with Crippen LogP contribution in [0.5, 0.6) is 0 Å². The number of carbonyl (C=O) groups is 3. The van der Waals surface area contributed by atoms with E-state index in [1.54, 1.807) is 0 Å². The normalized spacial score (nSPS) is 12.9. The Hall–Kier alpha value is -4.20. The van der Waals surface area contributed by atoms with E-state index in [2.05, 4.69) is 22.8 Å². The molecule has 2 amide bonds. The fourth-order valence-corrected chi connectivity index (χ4v) is 4.31. The number of carboxylic acid groups (broad SMARTS) is 1. The van der Waals surface area contributed by atoms with Gasteiger partial charge in [0.2, 0.25) is 5.91 Å². The van der Waals surface area contributed by atoms with E-state index in [1.165, 1.54) is 6.07 Å². The van der Waals surface area contributed by atoms with E-state index in [1.807, 2.05) is 43.3 Å². The molecular formula is C27H25FN2O5. The quantitative estimate of drug-likeness (QED) is 0.416. The highest BCUT2D eigenvalue weighted by molar-refractivity contribution is 5.93. The maximum atomic E-state index is 13.8. The van der Waals surface area contributed by atoms with Crippen LogP contribution in [0.25, 0.3) is 11.1 Å². The third-order valence-electron chi connectivity index (χ3n) is 6.07. The molecule has 0 fully saturated rings. The average molecular weight is 477 g/mol. The predicted octanol–water partition coefficient (Wildman–Crippen LogP) is 5.17. The largest absolute Gasteiger partial charge is 0.478 e. The van der Waals surface area contributed by atoms with Gasteiger partial charge in [-0.15, -0.1) is 0 Å². The van der Waals surface area contributed by atoms with Gasteiger partial charge in [0.1, 0.15) is 12.4 Å². The number of carbonyl (C=O) groups excluding carboxylic acids is 2. The van der Waals surface area contributed by atoms with Gasteiger partial charge in [-0.05, 0) is 46.9 Å². The lowest BCUT2D eigenvalue weighted by molar-refractivity contribution is -0.116. The van der Waals surface area contributed by atoms with E-state index in [-0.39, 0.29) is 24.6 Å². The maximum Gasteiger partial charge on any atom is 0.407 e. The molecule has 7 nitrogen and oxygen atoms in total. The molecular weight excluding hydrogens is 451 g/mol. The SMILES string of the molecule is CCC(CC(=O)Nc1ccc(C(=O)O)c(F)c1)NC(=O)OCC1c2ccccc2-c2ccccc21. The van der Waals surface area contributed by atoms with Crippen LogP contribution >= 0.6 is 0 Å². The van der Waals surface area contributed by atoms with Gasteiger partial charge >= 0.3 is 12.1 Å². The standard InChI is InChI=1S/C27H25FN2O5/c1-2-16(14-25(31)29-17-11-12-22(26(32)33)24(28)13-17)30-27(34)35-15-23-20-9-5-3-7-18(20)19-8-4-6-10-21(19)23/h3-13,16,23H,2,14-15H2,1H3,(H,29,31)(H,30,34)(H,32,33). The molecule has 0 bridgehead atoms. The van der Waals surface area contributed by atoms with Crippen molar-refractivity contribution in [2.24, 2.45) is 0 Å². The summed E-state index contributed by atoms with van der Waals surface area (Å²) in [6, 6.07) is 18.9. The number of anilines is 1. The first-order valence-electron chi connectivity index (χ1n) is 11.3. The van der Waals surface area contributed by atoms with Gasteiger partial charge in [0, 0.05) is 24.1 Å². The van der Waals surface area contributed by atoms with Gasteiger partial charge in [-0.3, -0.25) is 4.79 Å². The van der Waals surface area contributed by atoms with Gasteiger partial charge < -0.3 is 20.5 Å². The Labute approximate surface area is 201 Å². The third-order valence-corrected chi connectivity index (χ3v) is 6.07. The smallest absolute Gasteiger partial charge is 0.407 e. The first-order valence-corrected chi connectivity index (χ1v) is 11.3. The summed E-state index contributed by atoms with van der Waals surface area (Å²) in [6.07, 6.45) is -0.198. The van der Waals surface area contributed by atoms with Gasteiger partial charge in [-0.25, -0.2) is 14.0 Å². The van der Waals surface area contributed by atoms with Gasteiger partial charge in [0.05, 0.1) is 5.56 Å². The lowest BCUT2D eigenvalue weighted by atomic mass is 9.98. The van der Waals surface area contributed by atoms with E-state index < -0.39 is 35.4 Å². The van der Waals surface area contributed by atoms with Crippen LogP contribution < -0.4 is 10.6 Å². The van der Waals surface area contributed by atoms with E-state index in [0.717, 1.165) is 34.4 Å². The van der Waals surface area contributed by atoms with E-state index in [0.29, 0.717) is 6.42 Å². The zero-order chi connectivity index (χ0) is 24.9. The number of fused-ring (bicyclic) bond motifs is 3. The van der Waals surface area contributed by atoms with Gasteiger partial charge in [0.15, 0.2) is 0 Å². The molecule has 35 heavy (non-hydrogen) atoms. The summed E-state index contributed by atoms with van der Waals surface area (Å²) in [7, 11) is 0. The number of ether oxygens (including phenoxy) is 1. The Morgan fingerprint density at radius 2 is 1.63 bits per heavy atom. The summed E-state index contributed by atoms with van der Waals surface area (Å²) in [5.41, 5.74) is 4.13. The molecule has 0 aliphatic heterocycles. The molecule has 8 heteroatoms. The van der Waals surface area contributed by atoms with E-state index >= 15 is 0 Å². The average Bonchev–Trinajstić information content (AvgIpc) is 3.16.